The molecule has 1 fully saturated rings. The first-order chi connectivity index (χ1) is 13.7. The number of hydrogen-bond acceptors (Lipinski definition) is 3. The minimum absolute atomic E-state index is 0.0695. The first kappa shape index (κ1) is 20.1. The van der Waals surface area contributed by atoms with E-state index in [1.165, 1.54) is 6.92 Å². The minimum Gasteiger partial charge on any atom is -0.302 e. The summed E-state index contributed by atoms with van der Waals surface area (Å²) in [6.07, 6.45) is 1.10. The van der Waals surface area contributed by atoms with Crippen LogP contribution in [0.25, 0.3) is 0 Å². The average molecular weight is 429 g/mol. The van der Waals surface area contributed by atoms with Crippen LogP contribution in [0.15, 0.2) is 47.5 Å². The highest BCUT2D eigenvalue weighted by Gasteiger charge is 2.47. The molecule has 0 spiro atoms. The lowest BCUT2D eigenvalue weighted by atomic mass is 9.68. The van der Waals surface area contributed by atoms with Crippen molar-refractivity contribution in [3.8, 4) is 0 Å². The topological polar surface area (TPSA) is 49.7 Å². The van der Waals surface area contributed by atoms with E-state index in [1.54, 1.807) is 17.0 Å². The van der Waals surface area contributed by atoms with Crippen LogP contribution < -0.4 is 4.90 Å². The molecule has 1 unspecified atom stereocenters. The van der Waals surface area contributed by atoms with Gasteiger partial charge in [0.25, 0.3) is 0 Å². The molecule has 0 N–H and O–H groups in total. The van der Waals surface area contributed by atoms with E-state index in [0.29, 0.717) is 39.8 Å². The second kappa shape index (κ2) is 7.26. The van der Waals surface area contributed by atoms with Crippen molar-refractivity contribution in [2.75, 3.05) is 4.90 Å². The summed E-state index contributed by atoms with van der Waals surface area (Å²) in [4.78, 5) is 32.8. The van der Waals surface area contributed by atoms with E-state index in [0.717, 1.165) is 5.71 Å². The SMILES string of the molecule is CC(=O)N1c2ccccc2N=C2CC(C)(C)CC(=O)C2[C@H]1c1cccc(Cl)c1Cl. The molecular weight excluding hydrogens is 407 g/mol. The fraction of sp³-hybridized carbons (Fsp3) is 0.348. The molecule has 1 amide bonds. The zero-order valence-electron chi connectivity index (χ0n) is 16.6. The molecule has 0 bridgehead atoms. The van der Waals surface area contributed by atoms with Crippen LogP contribution in [0.3, 0.4) is 0 Å². The number of benzene rings is 2. The molecule has 150 valence electrons. The number of nitrogens with zero attached hydrogens (tertiary/aromatic N) is 2. The molecule has 0 saturated heterocycles. The lowest BCUT2D eigenvalue weighted by Crippen LogP contribution is -2.47. The smallest absolute Gasteiger partial charge is 0.224 e. The molecule has 2 aromatic rings. The molecule has 1 heterocycles. The molecule has 4 rings (SSSR count). The van der Waals surface area contributed by atoms with Crippen LogP contribution in [0.1, 0.15) is 45.2 Å². The van der Waals surface area contributed by atoms with Gasteiger partial charge in [-0.2, -0.15) is 0 Å². The molecule has 4 nitrogen and oxygen atoms in total. The van der Waals surface area contributed by atoms with Gasteiger partial charge in [0.05, 0.1) is 33.4 Å². The molecule has 2 aromatic carbocycles. The molecular formula is C23H22Cl2N2O2. The van der Waals surface area contributed by atoms with Crippen molar-refractivity contribution in [2.45, 2.75) is 39.7 Å². The van der Waals surface area contributed by atoms with E-state index < -0.39 is 12.0 Å². The number of carbonyl (C=O) groups excluding carboxylic acids is 2. The molecule has 0 radical (unpaired) electrons. The van der Waals surface area contributed by atoms with Crippen LogP contribution in [-0.4, -0.2) is 17.4 Å². The predicted octanol–water partition coefficient (Wildman–Crippen LogP) is 6.18. The standard InChI is InChI=1S/C23H22Cl2N2O2/c1-13(28)27-18-10-5-4-9-16(18)26-17-11-23(2,3)12-19(29)20(17)22(27)14-7-6-8-15(24)21(14)25/h4-10,20,22H,11-12H2,1-3H3/t20?,22-/m1/s1. The highest BCUT2D eigenvalue weighted by atomic mass is 35.5. The van der Waals surface area contributed by atoms with Gasteiger partial charge in [0.1, 0.15) is 5.78 Å². The third kappa shape index (κ3) is 3.49. The first-order valence-corrected chi connectivity index (χ1v) is 10.4. The second-order valence-corrected chi connectivity index (χ2v) is 9.32. The second-order valence-electron chi connectivity index (χ2n) is 8.53. The van der Waals surface area contributed by atoms with Crippen LogP contribution >= 0.6 is 23.2 Å². The maximum Gasteiger partial charge on any atom is 0.224 e. The van der Waals surface area contributed by atoms with E-state index in [4.69, 9.17) is 28.2 Å². The Kier molecular flexibility index (Phi) is 5.04. The summed E-state index contributed by atoms with van der Waals surface area (Å²) in [6.45, 7) is 5.65. The van der Waals surface area contributed by atoms with Crippen LogP contribution in [0.2, 0.25) is 10.0 Å². The summed E-state index contributed by atoms with van der Waals surface area (Å²) in [6, 6.07) is 12.2. The molecule has 6 heteroatoms. The summed E-state index contributed by atoms with van der Waals surface area (Å²) in [7, 11) is 0. The number of carbonyl (C=O) groups is 2. The van der Waals surface area contributed by atoms with Gasteiger partial charge < -0.3 is 4.90 Å². The summed E-state index contributed by atoms with van der Waals surface area (Å²) < 4.78 is 0. The first-order valence-electron chi connectivity index (χ1n) is 9.62. The lowest BCUT2D eigenvalue weighted by molar-refractivity contribution is -0.124. The maximum absolute atomic E-state index is 13.4. The summed E-state index contributed by atoms with van der Waals surface area (Å²) >= 11 is 12.9. The highest BCUT2D eigenvalue weighted by molar-refractivity contribution is 6.42. The third-order valence-corrected chi connectivity index (χ3v) is 6.49. The fourth-order valence-electron chi connectivity index (χ4n) is 4.55. The summed E-state index contributed by atoms with van der Waals surface area (Å²) in [5, 5.41) is 0.758. The number of anilines is 1. The molecule has 1 aliphatic heterocycles. The fourth-order valence-corrected chi connectivity index (χ4v) is 4.97. The molecule has 1 aliphatic carbocycles. The third-order valence-electron chi connectivity index (χ3n) is 5.66. The van der Waals surface area contributed by atoms with Crippen molar-refractivity contribution in [3.05, 3.63) is 58.1 Å². The van der Waals surface area contributed by atoms with Gasteiger partial charge in [0.2, 0.25) is 5.91 Å². The Balaban J connectivity index is 2.02. The van der Waals surface area contributed by atoms with Gasteiger partial charge in [0.15, 0.2) is 0 Å². The summed E-state index contributed by atoms with van der Waals surface area (Å²) in [5.74, 6) is -0.664. The van der Waals surface area contributed by atoms with Gasteiger partial charge in [-0.25, -0.2) is 0 Å². The highest BCUT2D eigenvalue weighted by Crippen LogP contribution is 2.49. The van der Waals surface area contributed by atoms with Crippen LogP contribution in [-0.2, 0) is 9.59 Å². The molecule has 2 aliphatic rings. The van der Waals surface area contributed by atoms with Gasteiger partial charge in [-0.3, -0.25) is 14.6 Å². The van der Waals surface area contributed by atoms with Crippen LogP contribution in [0, 0.1) is 11.3 Å². The molecule has 2 atom stereocenters. The van der Waals surface area contributed by atoms with E-state index in [9.17, 15) is 9.59 Å². The van der Waals surface area contributed by atoms with E-state index >= 15 is 0 Å². The van der Waals surface area contributed by atoms with Gasteiger partial charge in [-0.15, -0.1) is 0 Å². The number of para-hydroxylation sites is 2. The Morgan fingerprint density at radius 3 is 2.55 bits per heavy atom. The monoisotopic (exact) mass is 428 g/mol. The largest absolute Gasteiger partial charge is 0.302 e. The Labute approximate surface area is 180 Å². The number of halogens is 2. The van der Waals surface area contributed by atoms with Crippen LogP contribution in [0.4, 0.5) is 11.4 Å². The minimum atomic E-state index is -0.593. The number of rotatable bonds is 1. The van der Waals surface area contributed by atoms with Gasteiger partial charge in [-0.1, -0.05) is 61.3 Å². The quantitative estimate of drug-likeness (QED) is 0.544. The number of amides is 1. The van der Waals surface area contributed by atoms with Crippen molar-refractivity contribution in [3.63, 3.8) is 0 Å². The van der Waals surface area contributed by atoms with E-state index in [1.807, 2.05) is 30.3 Å². The van der Waals surface area contributed by atoms with Crippen molar-refractivity contribution in [1.82, 2.24) is 0 Å². The number of Topliss-reactive ketones (excluding diaryl/α,β-unsaturated/α-hetero) is 1. The Morgan fingerprint density at radius 1 is 1.10 bits per heavy atom. The van der Waals surface area contributed by atoms with Crippen LogP contribution in [0.5, 0.6) is 0 Å². The average Bonchev–Trinajstić information content (AvgIpc) is 2.77. The number of aliphatic imine (C=N–C) groups is 1. The Hall–Kier alpha value is -2.17. The molecule has 29 heavy (non-hydrogen) atoms. The number of ketones is 1. The molecule has 1 saturated carbocycles. The van der Waals surface area contributed by atoms with Crippen molar-refractivity contribution in [2.24, 2.45) is 16.3 Å². The summed E-state index contributed by atoms with van der Waals surface area (Å²) in [5.41, 5.74) is 2.64. The van der Waals surface area contributed by atoms with E-state index in [2.05, 4.69) is 13.8 Å². The van der Waals surface area contributed by atoms with Gasteiger partial charge in [-0.05, 0) is 35.6 Å². The normalized spacial score (nSPS) is 23.0. The Bertz CT molecular complexity index is 1040. The Morgan fingerprint density at radius 2 is 1.83 bits per heavy atom. The predicted molar refractivity (Wildman–Crippen MR) is 117 cm³/mol. The zero-order valence-corrected chi connectivity index (χ0v) is 18.1. The molecule has 0 aromatic heterocycles. The zero-order chi connectivity index (χ0) is 20.9. The maximum atomic E-state index is 13.4. The van der Waals surface area contributed by atoms with Gasteiger partial charge in [0, 0.05) is 19.1 Å². The van der Waals surface area contributed by atoms with E-state index in [-0.39, 0.29) is 17.1 Å². The van der Waals surface area contributed by atoms with Crippen molar-refractivity contribution < 1.29 is 9.59 Å². The number of fused-ring (bicyclic) bond motifs is 2. The lowest BCUT2D eigenvalue weighted by Gasteiger charge is -2.41. The van der Waals surface area contributed by atoms with Crippen molar-refractivity contribution >= 4 is 52.0 Å². The van der Waals surface area contributed by atoms with Gasteiger partial charge >= 0.3 is 0 Å². The van der Waals surface area contributed by atoms with Crippen molar-refractivity contribution in [1.29, 1.82) is 0 Å². The number of hydrogen-bond donors (Lipinski definition) is 0.